The number of piperidine rings is 1. The fourth-order valence-electron chi connectivity index (χ4n) is 2.13. The first-order valence-corrected chi connectivity index (χ1v) is 6.91. The summed E-state index contributed by atoms with van der Waals surface area (Å²) in [5.41, 5.74) is -0.0334. The Kier molecular flexibility index (Phi) is 4.40. The molecule has 2 amide bonds. The molecule has 110 valence electrons. The summed E-state index contributed by atoms with van der Waals surface area (Å²) in [6.45, 7) is 2.89. The van der Waals surface area contributed by atoms with E-state index in [0.717, 1.165) is 0 Å². The van der Waals surface area contributed by atoms with E-state index < -0.39 is 5.60 Å². The van der Waals surface area contributed by atoms with Crippen molar-refractivity contribution in [1.82, 2.24) is 4.90 Å². The van der Waals surface area contributed by atoms with Crippen molar-refractivity contribution >= 4 is 23.3 Å². The first kappa shape index (κ1) is 14.9. The van der Waals surface area contributed by atoms with Gasteiger partial charge in [-0.05, 0) is 31.9 Å². The molecule has 1 aromatic rings. The first-order valence-electron chi connectivity index (χ1n) is 6.53. The van der Waals surface area contributed by atoms with Crippen LogP contribution in [0.3, 0.4) is 0 Å². The molecule has 2 N–H and O–H groups in total. The molecular weight excluding hydrogens is 280 g/mol. The summed E-state index contributed by atoms with van der Waals surface area (Å²) in [6, 6.07) is 4.91. The number of nitrogens with zero attached hydrogens (tertiary/aromatic N) is 1. The Hall–Kier alpha value is -1.46. The molecule has 1 aliphatic rings. The van der Waals surface area contributed by atoms with Gasteiger partial charge in [-0.1, -0.05) is 11.6 Å². The van der Waals surface area contributed by atoms with E-state index in [0.29, 0.717) is 42.4 Å². The Morgan fingerprint density at radius 1 is 1.45 bits per heavy atom. The van der Waals surface area contributed by atoms with Crippen LogP contribution in [0.25, 0.3) is 0 Å². The topological polar surface area (TPSA) is 61.8 Å². The molecule has 20 heavy (non-hydrogen) atoms. The van der Waals surface area contributed by atoms with Crippen molar-refractivity contribution in [3.05, 3.63) is 23.2 Å². The van der Waals surface area contributed by atoms with Gasteiger partial charge < -0.3 is 20.1 Å². The number of benzene rings is 1. The minimum absolute atomic E-state index is 0.176. The first-order chi connectivity index (χ1) is 9.41. The fraction of sp³-hybridized carbons (Fsp3) is 0.500. The lowest BCUT2D eigenvalue weighted by molar-refractivity contribution is 0.00570. The number of rotatable bonds is 2. The van der Waals surface area contributed by atoms with Gasteiger partial charge in [-0.25, -0.2) is 4.79 Å². The fourth-order valence-corrected chi connectivity index (χ4v) is 2.33. The molecule has 1 aromatic carbocycles. The third-order valence-electron chi connectivity index (χ3n) is 3.53. The van der Waals surface area contributed by atoms with Gasteiger partial charge in [0.25, 0.3) is 0 Å². The highest BCUT2D eigenvalue weighted by Gasteiger charge is 2.29. The highest BCUT2D eigenvalue weighted by Crippen LogP contribution is 2.28. The second-order valence-corrected chi connectivity index (χ2v) is 5.67. The molecule has 0 radical (unpaired) electrons. The second-order valence-electron chi connectivity index (χ2n) is 5.26. The molecule has 5 nitrogen and oxygen atoms in total. The second kappa shape index (κ2) is 5.89. The van der Waals surface area contributed by atoms with E-state index in [1.165, 1.54) is 7.11 Å². The van der Waals surface area contributed by atoms with Crippen LogP contribution in [0.4, 0.5) is 10.5 Å². The molecule has 0 bridgehead atoms. The van der Waals surface area contributed by atoms with Gasteiger partial charge in [0.15, 0.2) is 0 Å². The highest BCUT2D eigenvalue weighted by atomic mass is 35.5. The molecule has 0 unspecified atom stereocenters. The number of carbonyl (C=O) groups excluding carboxylic acids is 1. The Labute approximate surface area is 123 Å². The smallest absolute Gasteiger partial charge is 0.321 e. The predicted octanol–water partition coefficient (Wildman–Crippen LogP) is 2.73. The van der Waals surface area contributed by atoms with Crippen LogP contribution < -0.4 is 10.1 Å². The number of anilines is 1. The molecule has 6 heteroatoms. The number of amides is 2. The number of likely N-dealkylation sites (tertiary alicyclic amines) is 1. The Morgan fingerprint density at radius 3 is 2.70 bits per heavy atom. The average Bonchev–Trinajstić information content (AvgIpc) is 2.40. The zero-order chi connectivity index (χ0) is 14.8. The van der Waals surface area contributed by atoms with Crippen molar-refractivity contribution in [2.75, 3.05) is 25.5 Å². The normalized spacial score (nSPS) is 17.7. The van der Waals surface area contributed by atoms with Crippen LogP contribution in [0.2, 0.25) is 5.02 Å². The molecule has 0 aliphatic carbocycles. The number of ether oxygens (including phenoxy) is 1. The number of methoxy groups -OCH3 is 1. The molecule has 0 aromatic heterocycles. The largest absolute Gasteiger partial charge is 0.495 e. The zero-order valence-corrected chi connectivity index (χ0v) is 12.4. The molecule has 1 fully saturated rings. The van der Waals surface area contributed by atoms with Gasteiger partial charge in [0.05, 0.1) is 17.7 Å². The van der Waals surface area contributed by atoms with Crippen molar-refractivity contribution in [3.8, 4) is 5.75 Å². The van der Waals surface area contributed by atoms with Gasteiger partial charge >= 0.3 is 6.03 Å². The lowest BCUT2D eigenvalue weighted by atomic mass is 9.94. The van der Waals surface area contributed by atoms with E-state index in [9.17, 15) is 9.90 Å². The lowest BCUT2D eigenvalue weighted by Gasteiger charge is -2.35. The van der Waals surface area contributed by atoms with Gasteiger partial charge in [0.1, 0.15) is 5.75 Å². The number of urea groups is 1. The van der Waals surface area contributed by atoms with E-state index in [2.05, 4.69) is 5.32 Å². The number of hydrogen-bond donors (Lipinski definition) is 2. The van der Waals surface area contributed by atoms with Gasteiger partial charge in [0.2, 0.25) is 0 Å². The van der Waals surface area contributed by atoms with Gasteiger partial charge in [-0.15, -0.1) is 0 Å². The molecule has 1 heterocycles. The van der Waals surface area contributed by atoms with E-state index >= 15 is 0 Å². The standard InChI is InChI=1S/C14H19ClN2O3/c1-14(19)5-7-17(8-6-14)13(18)16-10-3-4-11(15)12(9-10)20-2/h3-4,9,19H,5-8H2,1-2H3,(H,16,18). The SMILES string of the molecule is COc1cc(NC(=O)N2CCC(C)(O)CC2)ccc1Cl. The maximum absolute atomic E-state index is 12.1. The van der Waals surface area contributed by atoms with E-state index in [1.807, 2.05) is 0 Å². The molecule has 1 saturated heterocycles. The number of carbonyl (C=O) groups is 1. The van der Waals surface area contributed by atoms with E-state index in [-0.39, 0.29) is 6.03 Å². The van der Waals surface area contributed by atoms with E-state index in [4.69, 9.17) is 16.3 Å². The van der Waals surface area contributed by atoms with Crippen LogP contribution in [-0.4, -0.2) is 41.8 Å². The van der Waals surface area contributed by atoms with Crippen LogP contribution in [0.15, 0.2) is 18.2 Å². The maximum atomic E-state index is 12.1. The monoisotopic (exact) mass is 298 g/mol. The summed E-state index contributed by atoms with van der Waals surface area (Å²) in [7, 11) is 1.53. The quantitative estimate of drug-likeness (QED) is 0.882. The van der Waals surface area contributed by atoms with Crippen LogP contribution in [0.5, 0.6) is 5.75 Å². The summed E-state index contributed by atoms with van der Waals surface area (Å²) in [5.74, 6) is 0.519. The number of aliphatic hydroxyl groups is 1. The minimum atomic E-state index is -0.666. The zero-order valence-electron chi connectivity index (χ0n) is 11.6. The minimum Gasteiger partial charge on any atom is -0.495 e. The maximum Gasteiger partial charge on any atom is 0.321 e. The molecule has 0 saturated carbocycles. The van der Waals surface area contributed by atoms with Gasteiger partial charge in [-0.3, -0.25) is 0 Å². The van der Waals surface area contributed by atoms with Crippen LogP contribution in [0.1, 0.15) is 19.8 Å². The summed E-state index contributed by atoms with van der Waals surface area (Å²) in [5, 5.41) is 13.2. The number of nitrogens with one attached hydrogen (secondary N) is 1. The van der Waals surface area contributed by atoms with Crippen molar-refractivity contribution in [2.45, 2.75) is 25.4 Å². The summed E-state index contributed by atoms with van der Waals surface area (Å²) in [4.78, 5) is 13.8. The van der Waals surface area contributed by atoms with Crippen molar-refractivity contribution in [2.24, 2.45) is 0 Å². The molecular formula is C14H19ClN2O3. The molecule has 0 spiro atoms. The van der Waals surface area contributed by atoms with Crippen LogP contribution in [0, 0.1) is 0 Å². The van der Waals surface area contributed by atoms with Gasteiger partial charge in [0, 0.05) is 24.8 Å². The summed E-state index contributed by atoms with van der Waals surface area (Å²) in [6.07, 6.45) is 1.18. The lowest BCUT2D eigenvalue weighted by Crippen LogP contribution is -2.46. The van der Waals surface area contributed by atoms with Gasteiger partial charge in [-0.2, -0.15) is 0 Å². The van der Waals surface area contributed by atoms with Crippen molar-refractivity contribution in [3.63, 3.8) is 0 Å². The van der Waals surface area contributed by atoms with Crippen LogP contribution >= 0.6 is 11.6 Å². The highest BCUT2D eigenvalue weighted by molar-refractivity contribution is 6.32. The number of hydrogen-bond acceptors (Lipinski definition) is 3. The Balaban J connectivity index is 1.98. The Bertz CT molecular complexity index is 495. The third-order valence-corrected chi connectivity index (χ3v) is 3.84. The molecule has 0 atom stereocenters. The Morgan fingerprint density at radius 2 is 2.10 bits per heavy atom. The third kappa shape index (κ3) is 3.55. The average molecular weight is 299 g/mol. The van der Waals surface area contributed by atoms with E-state index in [1.54, 1.807) is 30.0 Å². The number of halogens is 1. The predicted molar refractivity (Wildman–Crippen MR) is 78.5 cm³/mol. The van der Waals surface area contributed by atoms with Crippen molar-refractivity contribution < 1.29 is 14.6 Å². The summed E-state index contributed by atoms with van der Waals surface area (Å²) >= 11 is 5.94. The van der Waals surface area contributed by atoms with Crippen molar-refractivity contribution in [1.29, 1.82) is 0 Å². The molecule has 2 rings (SSSR count). The summed E-state index contributed by atoms with van der Waals surface area (Å²) < 4.78 is 5.11. The van der Waals surface area contributed by atoms with Crippen LogP contribution in [-0.2, 0) is 0 Å². The molecule has 1 aliphatic heterocycles.